The maximum Gasteiger partial charge on any atom is 0.488 e. The third kappa shape index (κ3) is 8.78. The van der Waals surface area contributed by atoms with Gasteiger partial charge in [-0.25, -0.2) is 0 Å². The molecule has 6 N–H and O–H groups in total. The van der Waals surface area contributed by atoms with E-state index in [0.717, 1.165) is 72.0 Å². The van der Waals surface area contributed by atoms with Crippen LogP contribution in [0.5, 0.6) is 0 Å². The Bertz CT molecular complexity index is 445. The quantitative estimate of drug-likeness (QED) is 0.337. The predicted molar refractivity (Wildman–Crippen MR) is 103 cm³/mol. The van der Waals surface area contributed by atoms with Gasteiger partial charge in [0.25, 0.3) is 0 Å². The van der Waals surface area contributed by atoms with Gasteiger partial charge in [0.15, 0.2) is 0 Å². The van der Waals surface area contributed by atoms with E-state index < -0.39 is 7.12 Å². The number of rotatable bonds is 3. The van der Waals surface area contributed by atoms with Crippen molar-refractivity contribution in [3.8, 4) is 0 Å². The minimum absolute atomic E-state index is 0.532. The zero-order valence-corrected chi connectivity index (χ0v) is 15.0. The lowest BCUT2D eigenvalue weighted by molar-refractivity contribution is 0.265. The molecule has 0 spiro atoms. The summed E-state index contributed by atoms with van der Waals surface area (Å²) in [6, 6.07) is 7.50. The van der Waals surface area contributed by atoms with Gasteiger partial charge in [0.1, 0.15) is 0 Å². The van der Waals surface area contributed by atoms with Gasteiger partial charge in [-0.1, -0.05) is 24.3 Å². The van der Waals surface area contributed by atoms with Crippen molar-refractivity contribution in [3.05, 3.63) is 29.8 Å². The summed E-state index contributed by atoms with van der Waals surface area (Å²) in [7, 11) is -1.40. The third-order valence-corrected chi connectivity index (χ3v) is 4.33. The molecule has 0 aromatic heterocycles. The van der Waals surface area contributed by atoms with Crippen molar-refractivity contribution in [1.29, 1.82) is 0 Å². The van der Waals surface area contributed by atoms with Crippen molar-refractivity contribution in [1.82, 2.24) is 26.2 Å². The van der Waals surface area contributed by atoms with E-state index in [0.29, 0.717) is 5.46 Å². The van der Waals surface area contributed by atoms with Crippen LogP contribution in [0, 0.1) is 0 Å². The zero-order valence-electron chi connectivity index (χ0n) is 15.0. The molecule has 2 rings (SSSR count). The number of nitrogens with one attached hydrogen (secondary N) is 4. The van der Waals surface area contributed by atoms with Crippen molar-refractivity contribution < 1.29 is 10.0 Å². The Labute approximate surface area is 151 Å². The van der Waals surface area contributed by atoms with Gasteiger partial charge in [0.2, 0.25) is 0 Å². The number of benzene rings is 1. The van der Waals surface area contributed by atoms with Crippen molar-refractivity contribution in [2.75, 3.05) is 65.4 Å². The van der Waals surface area contributed by atoms with Crippen LogP contribution >= 0.6 is 0 Å². The highest BCUT2D eigenvalue weighted by atomic mass is 16.4. The first-order valence-corrected chi connectivity index (χ1v) is 9.26. The molecule has 1 saturated heterocycles. The van der Waals surface area contributed by atoms with Crippen LogP contribution in [-0.4, -0.2) is 87.5 Å². The summed E-state index contributed by atoms with van der Waals surface area (Å²) in [5.74, 6) is 0. The largest absolute Gasteiger partial charge is 0.488 e. The smallest absolute Gasteiger partial charge is 0.423 e. The van der Waals surface area contributed by atoms with Gasteiger partial charge in [-0.3, -0.25) is 4.90 Å². The van der Waals surface area contributed by atoms with E-state index in [9.17, 15) is 10.0 Å². The first kappa shape index (κ1) is 20.3. The fourth-order valence-electron chi connectivity index (χ4n) is 2.83. The highest BCUT2D eigenvalue weighted by Gasteiger charge is 2.11. The fraction of sp³-hybridized carbons (Fsp3) is 0.647. The second-order valence-corrected chi connectivity index (χ2v) is 6.39. The predicted octanol–water partition coefficient (Wildman–Crippen LogP) is -2.46. The molecular formula is C17H32BN5O2. The van der Waals surface area contributed by atoms with E-state index in [-0.39, 0.29) is 0 Å². The van der Waals surface area contributed by atoms with Crippen LogP contribution in [0.25, 0.3) is 0 Å². The highest BCUT2D eigenvalue weighted by molar-refractivity contribution is 6.58. The molecule has 0 bridgehead atoms. The molecule has 0 saturated carbocycles. The summed E-state index contributed by atoms with van der Waals surface area (Å²) >= 11 is 0. The van der Waals surface area contributed by atoms with E-state index in [1.165, 1.54) is 5.56 Å². The van der Waals surface area contributed by atoms with Gasteiger partial charge in [-0.2, -0.15) is 0 Å². The highest BCUT2D eigenvalue weighted by Crippen LogP contribution is 2.03. The second-order valence-electron chi connectivity index (χ2n) is 6.39. The summed E-state index contributed by atoms with van der Waals surface area (Å²) in [4.78, 5) is 2.42. The molecule has 140 valence electrons. The van der Waals surface area contributed by atoms with Crippen molar-refractivity contribution in [3.63, 3.8) is 0 Å². The molecule has 1 heterocycles. The summed E-state index contributed by atoms with van der Waals surface area (Å²) in [6.45, 7) is 10.7. The van der Waals surface area contributed by atoms with Crippen LogP contribution in [0.2, 0.25) is 0 Å². The molecule has 0 aliphatic carbocycles. The maximum atomic E-state index is 9.19. The Hall–Kier alpha value is -0.995. The topological polar surface area (TPSA) is 91.8 Å². The van der Waals surface area contributed by atoms with Crippen LogP contribution < -0.4 is 26.7 Å². The molecular weight excluding hydrogens is 317 g/mol. The first-order chi connectivity index (χ1) is 12.3. The molecule has 25 heavy (non-hydrogen) atoms. The van der Waals surface area contributed by atoms with Gasteiger partial charge < -0.3 is 31.3 Å². The lowest BCUT2D eigenvalue weighted by Crippen LogP contribution is -2.38. The number of nitrogens with zero attached hydrogens (tertiary/aromatic N) is 1. The Morgan fingerprint density at radius 1 is 0.720 bits per heavy atom. The lowest BCUT2D eigenvalue weighted by atomic mass is 9.80. The summed E-state index contributed by atoms with van der Waals surface area (Å²) in [5.41, 5.74) is 1.72. The molecule has 1 fully saturated rings. The molecule has 0 radical (unpaired) electrons. The Balaban J connectivity index is 1.83. The molecule has 1 aromatic rings. The van der Waals surface area contributed by atoms with E-state index in [2.05, 4.69) is 26.2 Å². The number of hydrogen-bond acceptors (Lipinski definition) is 7. The molecule has 0 amide bonds. The average molecular weight is 349 g/mol. The van der Waals surface area contributed by atoms with Gasteiger partial charge in [-0.05, 0) is 11.0 Å². The average Bonchev–Trinajstić information content (AvgIpc) is 2.62. The Morgan fingerprint density at radius 3 is 1.60 bits per heavy atom. The summed E-state index contributed by atoms with van der Waals surface area (Å²) in [5, 5.41) is 32.2. The molecule has 0 atom stereocenters. The van der Waals surface area contributed by atoms with Crippen molar-refractivity contribution in [2.24, 2.45) is 0 Å². The van der Waals surface area contributed by atoms with Crippen LogP contribution in [-0.2, 0) is 6.54 Å². The van der Waals surface area contributed by atoms with E-state index in [1.807, 2.05) is 12.1 Å². The minimum Gasteiger partial charge on any atom is -0.423 e. The maximum absolute atomic E-state index is 9.19. The summed E-state index contributed by atoms with van der Waals surface area (Å²) in [6.07, 6.45) is 0. The molecule has 1 aliphatic heterocycles. The molecule has 0 unspecified atom stereocenters. The van der Waals surface area contributed by atoms with Crippen LogP contribution in [0.4, 0.5) is 0 Å². The van der Waals surface area contributed by atoms with Crippen LogP contribution in [0.15, 0.2) is 24.3 Å². The fourth-order valence-corrected chi connectivity index (χ4v) is 2.83. The monoisotopic (exact) mass is 349 g/mol. The SMILES string of the molecule is OB(O)c1ccc(CN2CCNCCNCCNCCNCC2)cc1. The summed E-state index contributed by atoms with van der Waals surface area (Å²) < 4.78 is 0. The van der Waals surface area contributed by atoms with Crippen molar-refractivity contribution >= 4 is 12.6 Å². The number of hydrogen-bond donors (Lipinski definition) is 6. The molecule has 8 heteroatoms. The van der Waals surface area contributed by atoms with Gasteiger partial charge in [-0.15, -0.1) is 0 Å². The van der Waals surface area contributed by atoms with Crippen LogP contribution in [0.3, 0.4) is 0 Å². The van der Waals surface area contributed by atoms with E-state index in [1.54, 1.807) is 12.1 Å². The minimum atomic E-state index is -1.40. The Kier molecular flexibility index (Phi) is 10.1. The third-order valence-electron chi connectivity index (χ3n) is 4.33. The molecule has 1 aliphatic rings. The molecule has 1 aromatic carbocycles. The van der Waals surface area contributed by atoms with Gasteiger partial charge in [0.05, 0.1) is 0 Å². The molecule has 7 nitrogen and oxygen atoms in total. The van der Waals surface area contributed by atoms with Gasteiger partial charge >= 0.3 is 7.12 Å². The lowest BCUT2D eigenvalue weighted by Gasteiger charge is -2.23. The van der Waals surface area contributed by atoms with E-state index >= 15 is 0 Å². The zero-order chi connectivity index (χ0) is 17.7. The standard InChI is InChI=1S/C17H32BN5O2/c24-18(25)17-3-1-16(2-4-17)15-23-13-11-21-9-7-19-5-6-20-8-10-22-12-14-23/h1-4,19-22,24-25H,5-15H2. The second kappa shape index (κ2) is 12.4. The Morgan fingerprint density at radius 2 is 1.16 bits per heavy atom. The normalized spacial score (nSPS) is 19.8. The van der Waals surface area contributed by atoms with Crippen molar-refractivity contribution in [2.45, 2.75) is 6.54 Å². The van der Waals surface area contributed by atoms with E-state index in [4.69, 9.17) is 0 Å². The first-order valence-electron chi connectivity index (χ1n) is 9.26. The van der Waals surface area contributed by atoms with Crippen LogP contribution in [0.1, 0.15) is 5.56 Å². The van der Waals surface area contributed by atoms with Gasteiger partial charge in [0, 0.05) is 72.0 Å².